The van der Waals surface area contributed by atoms with Crippen LogP contribution in [-0.2, 0) is 5.41 Å². The van der Waals surface area contributed by atoms with E-state index < -0.39 is 5.41 Å². The fourth-order valence-corrected chi connectivity index (χ4v) is 11.3. The minimum atomic E-state index is -0.498. The number of nitrogens with zero attached hydrogens (tertiary/aromatic N) is 2. The van der Waals surface area contributed by atoms with Crippen molar-refractivity contribution in [1.29, 1.82) is 0 Å². The van der Waals surface area contributed by atoms with E-state index in [1.807, 2.05) is 0 Å². The van der Waals surface area contributed by atoms with Gasteiger partial charge in [0.2, 0.25) is 0 Å². The van der Waals surface area contributed by atoms with Gasteiger partial charge in [0.1, 0.15) is 11.5 Å². The predicted molar refractivity (Wildman–Crippen MR) is 263 cm³/mol. The van der Waals surface area contributed by atoms with Crippen molar-refractivity contribution < 1.29 is 4.74 Å². The van der Waals surface area contributed by atoms with Crippen molar-refractivity contribution in [3.63, 3.8) is 0 Å². The number of benzene rings is 10. The van der Waals surface area contributed by atoms with Gasteiger partial charge in [-0.15, -0.1) is 0 Å². The van der Waals surface area contributed by atoms with Crippen LogP contribution in [0.5, 0.6) is 11.5 Å². The number of hydrogen-bond donors (Lipinski definition) is 0. The summed E-state index contributed by atoms with van der Waals surface area (Å²) in [5.41, 5.74) is 18.7. The summed E-state index contributed by atoms with van der Waals surface area (Å²) >= 11 is 0. The van der Waals surface area contributed by atoms with Crippen LogP contribution in [0.1, 0.15) is 22.3 Å². The molecule has 0 amide bonds. The summed E-state index contributed by atoms with van der Waals surface area (Å²) in [6, 6.07) is 84.2. The van der Waals surface area contributed by atoms with Crippen molar-refractivity contribution in [2.45, 2.75) is 5.41 Å². The standard InChI is InChI=1S/C61H38N2O/c1-2-15-42(16-3-1)62-55-26-11-6-19-47(55)49-37-40(31-35-57(49)62)41-32-36-58-50(38-41)48-20-7-12-27-56(48)63(58)43-33-29-39(30-34-43)44-21-14-25-54-60(44)64-59-28-13-10-24-53(59)61(54)51-22-8-4-17-45(51)46-18-5-9-23-52(46)61/h1-38H. The third kappa shape index (κ3) is 4.76. The van der Waals surface area contributed by atoms with Gasteiger partial charge in [0, 0.05) is 49.6 Å². The molecule has 10 aromatic carbocycles. The van der Waals surface area contributed by atoms with Gasteiger partial charge in [-0.2, -0.15) is 0 Å². The van der Waals surface area contributed by atoms with E-state index in [1.54, 1.807) is 0 Å². The second-order valence-corrected chi connectivity index (χ2v) is 17.2. The van der Waals surface area contributed by atoms with Crippen LogP contribution in [0.15, 0.2) is 231 Å². The molecule has 2 aromatic heterocycles. The first-order chi connectivity index (χ1) is 31.8. The molecule has 0 saturated heterocycles. The lowest BCUT2D eigenvalue weighted by molar-refractivity contribution is 0.438. The molecule has 0 saturated carbocycles. The summed E-state index contributed by atoms with van der Waals surface area (Å²) in [4.78, 5) is 0. The molecule has 3 nitrogen and oxygen atoms in total. The predicted octanol–water partition coefficient (Wildman–Crippen LogP) is 15.7. The molecule has 0 atom stereocenters. The fraction of sp³-hybridized carbons (Fsp3) is 0.0164. The van der Waals surface area contributed by atoms with E-state index in [9.17, 15) is 0 Å². The van der Waals surface area contributed by atoms with Crippen LogP contribution in [0.2, 0.25) is 0 Å². The van der Waals surface area contributed by atoms with Crippen molar-refractivity contribution in [3.05, 3.63) is 253 Å². The Kier molecular flexibility index (Phi) is 7.32. The lowest BCUT2D eigenvalue weighted by Crippen LogP contribution is -2.32. The maximum atomic E-state index is 7.00. The van der Waals surface area contributed by atoms with E-state index in [0.717, 1.165) is 28.3 Å². The van der Waals surface area contributed by atoms with Crippen LogP contribution >= 0.6 is 0 Å². The molecule has 14 rings (SSSR count). The smallest absolute Gasteiger partial charge is 0.140 e. The van der Waals surface area contributed by atoms with Gasteiger partial charge in [-0.25, -0.2) is 0 Å². The Morgan fingerprint density at radius 3 is 1.38 bits per heavy atom. The van der Waals surface area contributed by atoms with E-state index in [-0.39, 0.29) is 0 Å². The Labute approximate surface area is 370 Å². The van der Waals surface area contributed by atoms with Gasteiger partial charge in [-0.3, -0.25) is 0 Å². The summed E-state index contributed by atoms with van der Waals surface area (Å²) in [6.45, 7) is 0. The molecule has 1 spiro atoms. The van der Waals surface area contributed by atoms with Crippen molar-refractivity contribution in [2.24, 2.45) is 0 Å². The van der Waals surface area contributed by atoms with Crippen LogP contribution in [0.4, 0.5) is 0 Å². The minimum Gasteiger partial charge on any atom is -0.456 e. The number of rotatable bonds is 4. The van der Waals surface area contributed by atoms with Crippen LogP contribution in [0, 0.1) is 0 Å². The average molecular weight is 815 g/mol. The Morgan fingerprint density at radius 2 is 0.750 bits per heavy atom. The van der Waals surface area contributed by atoms with E-state index in [1.165, 1.54) is 93.8 Å². The van der Waals surface area contributed by atoms with Gasteiger partial charge in [0.05, 0.1) is 27.5 Å². The quantitative estimate of drug-likeness (QED) is 0.173. The number of fused-ring (bicyclic) bond motifs is 15. The molecule has 12 aromatic rings. The van der Waals surface area contributed by atoms with E-state index in [0.29, 0.717) is 0 Å². The Morgan fingerprint density at radius 1 is 0.297 bits per heavy atom. The Hall–Kier alpha value is -8.40. The number of aromatic nitrogens is 2. The molecule has 0 bridgehead atoms. The van der Waals surface area contributed by atoms with Crippen molar-refractivity contribution >= 4 is 43.6 Å². The topological polar surface area (TPSA) is 19.1 Å². The molecule has 0 N–H and O–H groups in total. The first kappa shape index (κ1) is 35.2. The van der Waals surface area contributed by atoms with Crippen LogP contribution in [0.25, 0.3) is 88.4 Å². The summed E-state index contributed by atoms with van der Waals surface area (Å²) in [5, 5.41) is 4.97. The molecule has 2 aliphatic rings. The summed E-state index contributed by atoms with van der Waals surface area (Å²) in [7, 11) is 0. The van der Waals surface area contributed by atoms with Gasteiger partial charge in [0.25, 0.3) is 0 Å². The lowest BCUT2D eigenvalue weighted by atomic mass is 9.65. The molecule has 0 fully saturated rings. The highest BCUT2D eigenvalue weighted by Gasteiger charge is 2.51. The second-order valence-electron chi connectivity index (χ2n) is 17.2. The van der Waals surface area contributed by atoms with Crippen molar-refractivity contribution in [2.75, 3.05) is 0 Å². The minimum absolute atomic E-state index is 0.498. The number of hydrogen-bond acceptors (Lipinski definition) is 1. The van der Waals surface area contributed by atoms with Crippen molar-refractivity contribution in [3.8, 4) is 56.3 Å². The molecular weight excluding hydrogens is 777 g/mol. The molecule has 3 heterocycles. The molecule has 298 valence electrons. The van der Waals surface area contributed by atoms with Gasteiger partial charge < -0.3 is 13.9 Å². The maximum Gasteiger partial charge on any atom is 0.140 e. The Balaban J connectivity index is 0.887. The zero-order valence-electron chi connectivity index (χ0n) is 34.7. The van der Waals surface area contributed by atoms with Gasteiger partial charge in [-0.05, 0) is 106 Å². The van der Waals surface area contributed by atoms with Crippen LogP contribution < -0.4 is 4.74 Å². The molecule has 3 heteroatoms. The largest absolute Gasteiger partial charge is 0.456 e. The number of ether oxygens (including phenoxy) is 1. The third-order valence-electron chi connectivity index (χ3n) is 14.0. The zero-order valence-corrected chi connectivity index (χ0v) is 34.7. The SMILES string of the molecule is c1ccc(-n2c3ccccc3c3cc(-c4ccc5c(c4)c4ccccc4n5-c4ccc(-c5cccc6c5Oc5ccccc5C65c6ccccc6-c6ccccc65)cc4)ccc32)cc1. The van der Waals surface area contributed by atoms with Crippen LogP contribution in [0.3, 0.4) is 0 Å². The van der Waals surface area contributed by atoms with E-state index >= 15 is 0 Å². The first-order valence-electron chi connectivity index (χ1n) is 22.1. The summed E-state index contributed by atoms with van der Waals surface area (Å²) in [6.07, 6.45) is 0. The number of para-hydroxylation sites is 5. The average Bonchev–Trinajstić information content (AvgIpc) is 3.98. The van der Waals surface area contributed by atoms with E-state index in [2.05, 4.69) is 240 Å². The molecule has 0 unspecified atom stereocenters. The monoisotopic (exact) mass is 814 g/mol. The van der Waals surface area contributed by atoms with E-state index in [4.69, 9.17) is 4.74 Å². The van der Waals surface area contributed by atoms with Crippen LogP contribution in [-0.4, -0.2) is 9.13 Å². The molecule has 1 aliphatic carbocycles. The first-order valence-corrected chi connectivity index (χ1v) is 22.1. The normalized spacial score (nSPS) is 13.2. The molecule has 64 heavy (non-hydrogen) atoms. The van der Waals surface area contributed by atoms with Gasteiger partial charge >= 0.3 is 0 Å². The second kappa shape index (κ2) is 13.3. The Bertz CT molecular complexity index is 3820. The third-order valence-corrected chi connectivity index (χ3v) is 14.0. The molecular formula is C61H38N2O. The van der Waals surface area contributed by atoms with Gasteiger partial charge in [0.15, 0.2) is 0 Å². The van der Waals surface area contributed by atoms with Gasteiger partial charge in [-0.1, -0.05) is 164 Å². The summed E-state index contributed by atoms with van der Waals surface area (Å²) in [5.74, 6) is 1.81. The fourth-order valence-electron chi connectivity index (χ4n) is 11.3. The highest BCUT2D eigenvalue weighted by atomic mass is 16.5. The highest BCUT2D eigenvalue weighted by Crippen LogP contribution is 2.63. The summed E-state index contributed by atoms with van der Waals surface area (Å²) < 4.78 is 11.8. The highest BCUT2D eigenvalue weighted by molar-refractivity contribution is 6.12. The molecule has 1 aliphatic heterocycles. The maximum absolute atomic E-state index is 7.00. The molecule has 0 radical (unpaired) electrons. The lowest BCUT2D eigenvalue weighted by Gasteiger charge is -2.40. The zero-order chi connectivity index (χ0) is 41.9. The van der Waals surface area contributed by atoms with Crippen molar-refractivity contribution in [1.82, 2.24) is 9.13 Å².